The molecule has 1 aliphatic heterocycles. The van der Waals surface area contributed by atoms with E-state index in [-0.39, 0.29) is 0 Å². The SMILES string of the molecule is C1CCCCCNCCCCC1. The van der Waals surface area contributed by atoms with E-state index >= 15 is 0 Å². The second-order valence-electron chi connectivity index (χ2n) is 3.93. The van der Waals surface area contributed by atoms with E-state index in [1.54, 1.807) is 0 Å². The Morgan fingerprint density at radius 2 is 0.750 bits per heavy atom. The van der Waals surface area contributed by atoms with Crippen molar-refractivity contribution in [2.45, 2.75) is 57.8 Å². The Labute approximate surface area is 76.9 Å². The summed E-state index contributed by atoms with van der Waals surface area (Å²) in [5.41, 5.74) is 0. The maximum atomic E-state index is 3.50. The molecule has 1 saturated heterocycles. The number of nitrogens with one attached hydrogen (secondary N) is 1. The molecule has 0 aromatic rings. The van der Waals surface area contributed by atoms with Gasteiger partial charge < -0.3 is 5.32 Å². The van der Waals surface area contributed by atoms with Crippen LogP contribution in [0.25, 0.3) is 0 Å². The highest BCUT2D eigenvalue weighted by Crippen LogP contribution is 2.09. The summed E-state index contributed by atoms with van der Waals surface area (Å²) in [5, 5.41) is 3.50. The van der Waals surface area contributed by atoms with Crippen LogP contribution in [0.15, 0.2) is 0 Å². The van der Waals surface area contributed by atoms with Crippen molar-refractivity contribution in [1.29, 1.82) is 0 Å². The molecular weight excluding hydrogens is 146 g/mol. The summed E-state index contributed by atoms with van der Waals surface area (Å²) in [6, 6.07) is 0. The standard InChI is InChI=1S/C11H23N/c1-2-4-6-8-10-12-11-9-7-5-3-1/h12H,1-11H2. The molecule has 0 radical (unpaired) electrons. The van der Waals surface area contributed by atoms with Crippen molar-refractivity contribution in [1.82, 2.24) is 5.32 Å². The molecule has 1 heterocycles. The van der Waals surface area contributed by atoms with Gasteiger partial charge in [-0.3, -0.25) is 0 Å². The third-order valence-corrected chi connectivity index (χ3v) is 2.71. The first-order chi connectivity index (χ1) is 6.00. The zero-order chi connectivity index (χ0) is 8.49. The predicted molar refractivity (Wildman–Crippen MR) is 54.4 cm³/mol. The second-order valence-corrected chi connectivity index (χ2v) is 3.93. The van der Waals surface area contributed by atoms with E-state index in [9.17, 15) is 0 Å². The Kier molecular flexibility index (Phi) is 6.36. The van der Waals surface area contributed by atoms with Crippen molar-refractivity contribution >= 4 is 0 Å². The second kappa shape index (κ2) is 7.60. The lowest BCUT2D eigenvalue weighted by Gasteiger charge is -2.07. The van der Waals surface area contributed by atoms with Crippen molar-refractivity contribution < 1.29 is 0 Å². The molecule has 0 amide bonds. The zero-order valence-corrected chi connectivity index (χ0v) is 8.28. The van der Waals surface area contributed by atoms with Crippen molar-refractivity contribution in [3.05, 3.63) is 0 Å². The quantitative estimate of drug-likeness (QED) is 0.587. The van der Waals surface area contributed by atoms with Crippen LogP contribution >= 0.6 is 0 Å². The summed E-state index contributed by atoms with van der Waals surface area (Å²) in [6.07, 6.45) is 13.0. The van der Waals surface area contributed by atoms with E-state index in [1.165, 1.54) is 70.9 Å². The Hall–Kier alpha value is -0.0400. The molecule has 0 aromatic heterocycles. The number of rotatable bonds is 0. The molecule has 0 aliphatic carbocycles. The molecule has 0 bridgehead atoms. The fraction of sp³-hybridized carbons (Fsp3) is 1.00. The normalized spacial score (nSPS) is 24.0. The van der Waals surface area contributed by atoms with E-state index in [1.807, 2.05) is 0 Å². The summed E-state index contributed by atoms with van der Waals surface area (Å²) in [4.78, 5) is 0. The van der Waals surface area contributed by atoms with Gasteiger partial charge in [0.25, 0.3) is 0 Å². The predicted octanol–water partition coefficient (Wildman–Crippen LogP) is 3.10. The van der Waals surface area contributed by atoms with Gasteiger partial charge in [0.2, 0.25) is 0 Å². The van der Waals surface area contributed by atoms with Crippen LogP contribution in [0.5, 0.6) is 0 Å². The Balaban J connectivity index is 2.00. The maximum absolute atomic E-state index is 3.50. The van der Waals surface area contributed by atoms with Gasteiger partial charge in [-0.15, -0.1) is 0 Å². The lowest BCUT2D eigenvalue weighted by atomic mass is 10.1. The highest BCUT2D eigenvalue weighted by molar-refractivity contribution is 4.53. The first kappa shape index (κ1) is 10.0. The molecular formula is C11H23N. The van der Waals surface area contributed by atoms with E-state index in [0.717, 1.165) is 0 Å². The van der Waals surface area contributed by atoms with E-state index in [0.29, 0.717) is 0 Å². The molecule has 0 atom stereocenters. The molecule has 0 aromatic carbocycles. The van der Waals surface area contributed by atoms with Crippen LogP contribution in [-0.2, 0) is 0 Å². The third-order valence-electron chi connectivity index (χ3n) is 2.71. The summed E-state index contributed by atoms with van der Waals surface area (Å²) in [6.45, 7) is 2.50. The molecule has 1 nitrogen and oxygen atoms in total. The molecule has 0 unspecified atom stereocenters. The summed E-state index contributed by atoms with van der Waals surface area (Å²) >= 11 is 0. The minimum Gasteiger partial charge on any atom is -0.317 e. The van der Waals surface area contributed by atoms with Gasteiger partial charge in [0.15, 0.2) is 0 Å². The Morgan fingerprint density at radius 3 is 1.17 bits per heavy atom. The van der Waals surface area contributed by atoms with Crippen LogP contribution < -0.4 is 5.32 Å². The van der Waals surface area contributed by atoms with Crippen LogP contribution in [0.4, 0.5) is 0 Å². The average Bonchev–Trinajstić information content (AvgIpc) is 2.05. The van der Waals surface area contributed by atoms with Gasteiger partial charge in [-0.05, 0) is 25.9 Å². The van der Waals surface area contributed by atoms with Crippen LogP contribution in [0.2, 0.25) is 0 Å². The van der Waals surface area contributed by atoms with Gasteiger partial charge in [-0.1, -0.05) is 44.9 Å². The van der Waals surface area contributed by atoms with E-state index in [2.05, 4.69) is 5.32 Å². The van der Waals surface area contributed by atoms with Crippen LogP contribution in [-0.4, -0.2) is 13.1 Å². The molecule has 1 aliphatic rings. The minimum absolute atomic E-state index is 1.25. The molecule has 1 rings (SSSR count). The molecule has 0 saturated carbocycles. The van der Waals surface area contributed by atoms with Gasteiger partial charge in [-0.2, -0.15) is 0 Å². The summed E-state index contributed by atoms with van der Waals surface area (Å²) < 4.78 is 0. The van der Waals surface area contributed by atoms with Gasteiger partial charge >= 0.3 is 0 Å². The average molecular weight is 169 g/mol. The third kappa shape index (κ3) is 5.59. The van der Waals surface area contributed by atoms with Crippen LogP contribution in [0, 0.1) is 0 Å². The van der Waals surface area contributed by atoms with E-state index in [4.69, 9.17) is 0 Å². The molecule has 1 heteroatoms. The largest absolute Gasteiger partial charge is 0.317 e. The van der Waals surface area contributed by atoms with Crippen LogP contribution in [0.1, 0.15) is 57.8 Å². The maximum Gasteiger partial charge on any atom is -0.00489 e. The minimum atomic E-state index is 1.25. The Morgan fingerprint density at radius 1 is 0.417 bits per heavy atom. The lowest BCUT2D eigenvalue weighted by Crippen LogP contribution is -2.16. The zero-order valence-electron chi connectivity index (χ0n) is 8.28. The first-order valence-corrected chi connectivity index (χ1v) is 5.71. The fourth-order valence-electron chi connectivity index (χ4n) is 1.86. The van der Waals surface area contributed by atoms with Crippen molar-refractivity contribution in [3.8, 4) is 0 Å². The fourth-order valence-corrected chi connectivity index (χ4v) is 1.86. The Bertz CT molecular complexity index is 48.0. The van der Waals surface area contributed by atoms with Gasteiger partial charge in [0, 0.05) is 0 Å². The summed E-state index contributed by atoms with van der Waals surface area (Å²) in [5.74, 6) is 0. The molecule has 1 N–H and O–H groups in total. The number of hydrogen-bond donors (Lipinski definition) is 1. The van der Waals surface area contributed by atoms with Gasteiger partial charge in [-0.25, -0.2) is 0 Å². The molecule has 1 fully saturated rings. The topological polar surface area (TPSA) is 12.0 Å². The first-order valence-electron chi connectivity index (χ1n) is 5.71. The number of hydrogen-bond acceptors (Lipinski definition) is 1. The van der Waals surface area contributed by atoms with Crippen LogP contribution in [0.3, 0.4) is 0 Å². The smallest absolute Gasteiger partial charge is 0.00489 e. The highest BCUT2D eigenvalue weighted by atomic mass is 14.8. The van der Waals surface area contributed by atoms with Crippen molar-refractivity contribution in [3.63, 3.8) is 0 Å². The van der Waals surface area contributed by atoms with Crippen molar-refractivity contribution in [2.75, 3.05) is 13.1 Å². The molecule has 12 heavy (non-hydrogen) atoms. The van der Waals surface area contributed by atoms with Gasteiger partial charge in [0.1, 0.15) is 0 Å². The lowest BCUT2D eigenvalue weighted by molar-refractivity contribution is 0.512. The monoisotopic (exact) mass is 169 g/mol. The van der Waals surface area contributed by atoms with Gasteiger partial charge in [0.05, 0.1) is 0 Å². The molecule has 0 spiro atoms. The highest BCUT2D eigenvalue weighted by Gasteiger charge is 1.95. The molecule has 72 valence electrons. The van der Waals surface area contributed by atoms with E-state index < -0.39 is 0 Å². The van der Waals surface area contributed by atoms with Crippen molar-refractivity contribution in [2.24, 2.45) is 0 Å². The summed E-state index contributed by atoms with van der Waals surface area (Å²) in [7, 11) is 0.